The Morgan fingerprint density at radius 3 is 2.48 bits per heavy atom. The fourth-order valence-electron chi connectivity index (χ4n) is 2.49. The third kappa shape index (κ3) is 13.7. The van der Waals surface area contributed by atoms with Gasteiger partial charge in [0.05, 0.1) is 6.61 Å². The van der Waals surface area contributed by atoms with E-state index in [4.69, 9.17) is 9.47 Å². The van der Waals surface area contributed by atoms with Crippen LogP contribution in [-0.4, -0.2) is 76.6 Å². The van der Waals surface area contributed by atoms with Crippen molar-refractivity contribution in [3.63, 3.8) is 0 Å². The molecule has 0 unspecified atom stereocenters. The molecular formula is C18H39IN4O2. The number of unbranched alkanes of at least 4 members (excludes halogenated alkanes) is 1. The Morgan fingerprint density at radius 2 is 1.84 bits per heavy atom. The van der Waals surface area contributed by atoms with Crippen LogP contribution in [0.2, 0.25) is 0 Å². The first-order valence-electron chi connectivity index (χ1n) is 9.64. The second kappa shape index (κ2) is 17.3. The van der Waals surface area contributed by atoms with Crippen molar-refractivity contribution < 1.29 is 9.47 Å². The van der Waals surface area contributed by atoms with Gasteiger partial charge in [-0.3, -0.25) is 9.89 Å². The van der Waals surface area contributed by atoms with Gasteiger partial charge in [-0.1, -0.05) is 13.3 Å². The van der Waals surface area contributed by atoms with Crippen LogP contribution in [0.5, 0.6) is 0 Å². The molecule has 1 saturated carbocycles. The van der Waals surface area contributed by atoms with Crippen molar-refractivity contribution in [2.75, 3.05) is 59.7 Å². The Morgan fingerprint density at radius 1 is 1.08 bits per heavy atom. The summed E-state index contributed by atoms with van der Waals surface area (Å²) in [4.78, 5) is 7.14. The van der Waals surface area contributed by atoms with E-state index in [1.807, 2.05) is 0 Å². The van der Waals surface area contributed by atoms with Crippen LogP contribution in [-0.2, 0) is 9.47 Å². The fraction of sp³-hybridized carbons (Fsp3) is 0.944. The minimum absolute atomic E-state index is 0. The van der Waals surface area contributed by atoms with Gasteiger partial charge in [0.2, 0.25) is 0 Å². The van der Waals surface area contributed by atoms with E-state index in [1.165, 1.54) is 19.3 Å². The van der Waals surface area contributed by atoms with Crippen molar-refractivity contribution in [3.05, 3.63) is 0 Å². The lowest BCUT2D eigenvalue weighted by Crippen LogP contribution is -2.42. The molecule has 0 heterocycles. The summed E-state index contributed by atoms with van der Waals surface area (Å²) in [7, 11) is 1.77. The number of nitrogens with one attached hydrogen (secondary N) is 2. The van der Waals surface area contributed by atoms with Gasteiger partial charge in [-0.05, 0) is 32.6 Å². The molecule has 1 fully saturated rings. The lowest BCUT2D eigenvalue weighted by atomic mass is 10.4. The number of guanidine groups is 1. The summed E-state index contributed by atoms with van der Waals surface area (Å²) in [5, 5.41) is 6.75. The number of hydrogen-bond donors (Lipinski definition) is 2. The van der Waals surface area contributed by atoms with Gasteiger partial charge in [-0.15, -0.1) is 24.0 Å². The number of methoxy groups -OCH3 is 1. The number of hydrogen-bond acceptors (Lipinski definition) is 4. The molecule has 0 amide bonds. The lowest BCUT2D eigenvalue weighted by Gasteiger charge is -2.22. The lowest BCUT2D eigenvalue weighted by molar-refractivity contribution is 0.130. The molecule has 2 N–H and O–H groups in total. The van der Waals surface area contributed by atoms with Crippen LogP contribution >= 0.6 is 24.0 Å². The molecule has 0 aromatic rings. The molecule has 7 heteroatoms. The monoisotopic (exact) mass is 470 g/mol. The molecule has 0 spiro atoms. The van der Waals surface area contributed by atoms with E-state index in [2.05, 4.69) is 34.4 Å². The van der Waals surface area contributed by atoms with Gasteiger partial charge >= 0.3 is 0 Å². The van der Waals surface area contributed by atoms with E-state index in [9.17, 15) is 0 Å². The molecule has 0 atom stereocenters. The van der Waals surface area contributed by atoms with Crippen LogP contribution in [0.1, 0.15) is 46.0 Å². The first kappa shape index (κ1) is 24.9. The topological polar surface area (TPSA) is 58.1 Å². The largest absolute Gasteiger partial charge is 0.383 e. The highest BCUT2D eigenvalue weighted by Crippen LogP contribution is 2.25. The highest BCUT2D eigenvalue weighted by Gasteiger charge is 2.28. The summed E-state index contributed by atoms with van der Waals surface area (Å²) in [6.07, 6.45) is 5.97. The Labute approximate surface area is 171 Å². The summed E-state index contributed by atoms with van der Waals surface area (Å²) >= 11 is 0. The Bertz CT molecular complexity index is 328. The predicted octanol–water partition coefficient (Wildman–Crippen LogP) is 2.48. The van der Waals surface area contributed by atoms with Crippen LogP contribution in [0.15, 0.2) is 4.99 Å². The van der Waals surface area contributed by atoms with Crippen LogP contribution in [0.3, 0.4) is 0 Å². The second-order valence-corrected chi connectivity index (χ2v) is 6.27. The summed E-state index contributed by atoms with van der Waals surface area (Å²) in [6, 6.07) is 0.766. The smallest absolute Gasteiger partial charge is 0.191 e. The number of nitrogens with zero attached hydrogens (tertiary/aromatic N) is 2. The number of aliphatic imine (C=N–C) groups is 1. The van der Waals surface area contributed by atoms with Crippen molar-refractivity contribution in [3.8, 4) is 0 Å². The molecule has 1 rings (SSSR count). The van der Waals surface area contributed by atoms with E-state index >= 15 is 0 Å². The number of rotatable bonds is 15. The van der Waals surface area contributed by atoms with Crippen LogP contribution in [0, 0.1) is 0 Å². The van der Waals surface area contributed by atoms with Gasteiger partial charge in [0.1, 0.15) is 0 Å². The zero-order valence-electron chi connectivity index (χ0n) is 16.4. The molecule has 1 aliphatic carbocycles. The molecule has 0 saturated heterocycles. The molecule has 0 bridgehead atoms. The van der Waals surface area contributed by atoms with E-state index in [-0.39, 0.29) is 24.0 Å². The summed E-state index contributed by atoms with van der Waals surface area (Å²) in [5.41, 5.74) is 0. The quantitative estimate of drug-likeness (QED) is 0.167. The zero-order chi connectivity index (χ0) is 17.5. The average molecular weight is 470 g/mol. The summed E-state index contributed by atoms with van der Waals surface area (Å²) in [6.45, 7) is 11.4. The van der Waals surface area contributed by atoms with Crippen molar-refractivity contribution in [1.29, 1.82) is 0 Å². The average Bonchev–Trinajstić information content (AvgIpc) is 3.42. The number of ether oxygens (including phenoxy) is 2. The third-order valence-corrected chi connectivity index (χ3v) is 4.04. The molecule has 6 nitrogen and oxygen atoms in total. The standard InChI is InChI=1S/C18H38N4O2.HI/c1-4-6-14-24-15-7-10-20-18(19-5-2)21-11-12-22(13-16-23-3)17-8-9-17;/h17H,4-16H2,1-3H3,(H2,19,20,21);1H. The SMILES string of the molecule is CCCCOCCCN=C(NCC)NCCN(CCOC)C1CC1.I. The normalized spacial score (nSPS) is 14.5. The van der Waals surface area contributed by atoms with Gasteiger partial charge in [-0.25, -0.2) is 0 Å². The summed E-state index contributed by atoms with van der Waals surface area (Å²) < 4.78 is 10.8. The van der Waals surface area contributed by atoms with Gasteiger partial charge in [0, 0.05) is 59.1 Å². The van der Waals surface area contributed by atoms with E-state index in [0.29, 0.717) is 0 Å². The van der Waals surface area contributed by atoms with Crippen molar-refractivity contribution in [2.24, 2.45) is 4.99 Å². The van der Waals surface area contributed by atoms with Crippen LogP contribution in [0.25, 0.3) is 0 Å². The molecule has 0 radical (unpaired) electrons. The van der Waals surface area contributed by atoms with Gasteiger partial charge < -0.3 is 20.1 Å². The van der Waals surface area contributed by atoms with Crippen molar-refractivity contribution >= 4 is 29.9 Å². The number of halogens is 1. The minimum atomic E-state index is 0. The van der Waals surface area contributed by atoms with Gasteiger partial charge in [-0.2, -0.15) is 0 Å². The first-order valence-corrected chi connectivity index (χ1v) is 9.64. The fourth-order valence-corrected chi connectivity index (χ4v) is 2.49. The first-order chi connectivity index (χ1) is 11.8. The highest BCUT2D eigenvalue weighted by atomic mass is 127. The summed E-state index contributed by atoms with van der Waals surface area (Å²) in [5.74, 6) is 0.911. The van der Waals surface area contributed by atoms with Gasteiger partial charge in [0.25, 0.3) is 0 Å². The zero-order valence-corrected chi connectivity index (χ0v) is 18.7. The Kier molecular flexibility index (Phi) is 17.2. The van der Waals surface area contributed by atoms with E-state index in [0.717, 1.165) is 77.4 Å². The molecule has 150 valence electrons. The second-order valence-electron chi connectivity index (χ2n) is 6.27. The van der Waals surface area contributed by atoms with Crippen LogP contribution in [0.4, 0.5) is 0 Å². The Balaban J connectivity index is 0.00000576. The van der Waals surface area contributed by atoms with Crippen molar-refractivity contribution in [2.45, 2.75) is 52.0 Å². The molecule has 1 aliphatic rings. The molecule has 0 aromatic carbocycles. The van der Waals surface area contributed by atoms with E-state index in [1.54, 1.807) is 7.11 Å². The molecular weight excluding hydrogens is 431 g/mol. The van der Waals surface area contributed by atoms with Crippen LogP contribution < -0.4 is 10.6 Å². The van der Waals surface area contributed by atoms with E-state index < -0.39 is 0 Å². The van der Waals surface area contributed by atoms with Crippen molar-refractivity contribution in [1.82, 2.24) is 15.5 Å². The van der Waals surface area contributed by atoms with Gasteiger partial charge in [0.15, 0.2) is 5.96 Å². The third-order valence-electron chi connectivity index (χ3n) is 4.04. The highest BCUT2D eigenvalue weighted by molar-refractivity contribution is 14.0. The Hall–Kier alpha value is -0.120. The predicted molar refractivity (Wildman–Crippen MR) is 116 cm³/mol. The minimum Gasteiger partial charge on any atom is -0.383 e. The maximum atomic E-state index is 5.57. The molecule has 25 heavy (non-hydrogen) atoms. The molecule has 0 aromatic heterocycles. The maximum absolute atomic E-state index is 5.57. The molecule has 0 aliphatic heterocycles. The maximum Gasteiger partial charge on any atom is 0.191 e.